The van der Waals surface area contributed by atoms with Gasteiger partial charge >= 0.3 is 0 Å². The van der Waals surface area contributed by atoms with E-state index < -0.39 is 0 Å². The number of nitrogens with zero attached hydrogens (tertiary/aromatic N) is 2. The van der Waals surface area contributed by atoms with Gasteiger partial charge in [0.05, 0.1) is 6.20 Å². The van der Waals surface area contributed by atoms with Crippen LogP contribution in [0.4, 0.5) is 5.82 Å². The number of hydrogen-bond donors (Lipinski definition) is 2. The number of hydrogen-bond acceptors (Lipinski definition) is 4. The number of aromatic nitrogens is 2. The largest absolute Gasteiger partial charge is 0.368 e. The smallest absolute Gasteiger partial charge is 0.144 e. The molecule has 0 aliphatic carbocycles. The van der Waals surface area contributed by atoms with Gasteiger partial charge < -0.3 is 10.6 Å². The first kappa shape index (κ1) is 9.92. The number of anilines is 1. The van der Waals surface area contributed by atoms with Crippen molar-refractivity contribution >= 4 is 5.82 Å². The zero-order valence-corrected chi connectivity index (χ0v) is 8.12. The zero-order chi connectivity index (χ0) is 9.52. The standard InChI is InChI=1S/C9H16N4/c1-8(2)11-5-6-13-9-7-10-3-4-12-9/h3-4,7-8,11H,5-6H2,1-2H3,(H,12,13). The highest BCUT2D eigenvalue weighted by molar-refractivity contribution is 5.29. The molecule has 2 N–H and O–H groups in total. The quantitative estimate of drug-likeness (QED) is 0.661. The van der Waals surface area contributed by atoms with Gasteiger partial charge in [-0.2, -0.15) is 0 Å². The van der Waals surface area contributed by atoms with Crippen LogP contribution in [0.1, 0.15) is 13.8 Å². The Balaban J connectivity index is 2.13. The van der Waals surface area contributed by atoms with Crippen molar-refractivity contribution in [1.82, 2.24) is 15.3 Å². The highest BCUT2D eigenvalue weighted by atomic mass is 15.0. The van der Waals surface area contributed by atoms with Gasteiger partial charge in [-0.1, -0.05) is 13.8 Å². The Hall–Kier alpha value is -1.16. The third-order valence-corrected chi connectivity index (χ3v) is 1.55. The Morgan fingerprint density at radius 1 is 1.31 bits per heavy atom. The second kappa shape index (κ2) is 5.48. The molecule has 1 rings (SSSR count). The van der Waals surface area contributed by atoms with E-state index in [-0.39, 0.29) is 0 Å². The minimum absolute atomic E-state index is 0.531. The fourth-order valence-corrected chi connectivity index (χ4v) is 0.942. The topological polar surface area (TPSA) is 49.8 Å². The van der Waals surface area contributed by atoms with E-state index in [1.807, 2.05) is 0 Å². The third-order valence-electron chi connectivity index (χ3n) is 1.55. The van der Waals surface area contributed by atoms with Crippen molar-refractivity contribution in [3.63, 3.8) is 0 Å². The molecule has 0 unspecified atom stereocenters. The third kappa shape index (κ3) is 4.42. The maximum absolute atomic E-state index is 4.09. The van der Waals surface area contributed by atoms with Crippen LogP contribution in [0.5, 0.6) is 0 Å². The van der Waals surface area contributed by atoms with Crippen molar-refractivity contribution in [2.75, 3.05) is 18.4 Å². The molecule has 0 spiro atoms. The first-order valence-corrected chi connectivity index (χ1v) is 4.52. The zero-order valence-electron chi connectivity index (χ0n) is 8.12. The normalized spacial score (nSPS) is 10.4. The van der Waals surface area contributed by atoms with Crippen molar-refractivity contribution in [3.8, 4) is 0 Å². The van der Waals surface area contributed by atoms with Crippen LogP contribution < -0.4 is 10.6 Å². The van der Waals surface area contributed by atoms with Crippen LogP contribution in [0.3, 0.4) is 0 Å². The number of nitrogens with one attached hydrogen (secondary N) is 2. The summed E-state index contributed by atoms with van der Waals surface area (Å²) < 4.78 is 0. The Morgan fingerprint density at radius 3 is 2.77 bits per heavy atom. The van der Waals surface area contributed by atoms with Gasteiger partial charge in [-0.15, -0.1) is 0 Å². The van der Waals surface area contributed by atoms with Crippen LogP contribution in [0, 0.1) is 0 Å². The van der Waals surface area contributed by atoms with Crippen molar-refractivity contribution in [2.24, 2.45) is 0 Å². The molecule has 72 valence electrons. The molecule has 0 bridgehead atoms. The molecule has 0 aromatic carbocycles. The number of rotatable bonds is 5. The summed E-state index contributed by atoms with van der Waals surface area (Å²) >= 11 is 0. The summed E-state index contributed by atoms with van der Waals surface area (Å²) in [6, 6.07) is 0.531. The van der Waals surface area contributed by atoms with E-state index in [9.17, 15) is 0 Å². The lowest BCUT2D eigenvalue weighted by molar-refractivity contribution is 0.602. The molecule has 0 amide bonds. The summed E-state index contributed by atoms with van der Waals surface area (Å²) in [5, 5.41) is 6.47. The van der Waals surface area contributed by atoms with E-state index in [1.54, 1.807) is 18.6 Å². The molecule has 4 nitrogen and oxygen atoms in total. The first-order chi connectivity index (χ1) is 6.29. The fraction of sp³-hybridized carbons (Fsp3) is 0.556. The Kier molecular flexibility index (Phi) is 4.18. The predicted octanol–water partition coefficient (Wildman–Crippen LogP) is 0.886. The highest BCUT2D eigenvalue weighted by Crippen LogP contribution is 1.94. The van der Waals surface area contributed by atoms with Crippen LogP contribution in [0.2, 0.25) is 0 Å². The Bertz CT molecular complexity index is 222. The van der Waals surface area contributed by atoms with Crippen molar-refractivity contribution in [2.45, 2.75) is 19.9 Å². The Morgan fingerprint density at radius 2 is 2.15 bits per heavy atom. The molecule has 1 aromatic rings. The molecule has 0 aliphatic heterocycles. The summed E-state index contributed by atoms with van der Waals surface area (Å²) in [6.07, 6.45) is 5.06. The van der Waals surface area contributed by atoms with E-state index in [4.69, 9.17) is 0 Å². The van der Waals surface area contributed by atoms with Crippen molar-refractivity contribution in [1.29, 1.82) is 0 Å². The van der Waals surface area contributed by atoms with Crippen LogP contribution in [0.15, 0.2) is 18.6 Å². The van der Waals surface area contributed by atoms with Gasteiger partial charge in [0.2, 0.25) is 0 Å². The van der Waals surface area contributed by atoms with Crippen LogP contribution in [-0.4, -0.2) is 29.1 Å². The van der Waals surface area contributed by atoms with Gasteiger partial charge in [0.1, 0.15) is 5.82 Å². The minimum atomic E-state index is 0.531. The lowest BCUT2D eigenvalue weighted by Gasteiger charge is -2.08. The molecule has 13 heavy (non-hydrogen) atoms. The first-order valence-electron chi connectivity index (χ1n) is 4.52. The van der Waals surface area contributed by atoms with Gasteiger partial charge in [0, 0.05) is 31.5 Å². The molecule has 0 radical (unpaired) electrons. The Labute approximate surface area is 78.8 Å². The van der Waals surface area contributed by atoms with Gasteiger partial charge in [-0.3, -0.25) is 4.98 Å². The summed E-state index contributed by atoms with van der Waals surface area (Å²) in [4.78, 5) is 8.05. The molecule has 0 fully saturated rings. The van der Waals surface area contributed by atoms with E-state index >= 15 is 0 Å². The summed E-state index contributed by atoms with van der Waals surface area (Å²) in [6.45, 7) is 6.07. The van der Waals surface area contributed by atoms with E-state index in [2.05, 4.69) is 34.4 Å². The van der Waals surface area contributed by atoms with Gasteiger partial charge in [-0.25, -0.2) is 4.98 Å². The van der Waals surface area contributed by atoms with E-state index in [0.29, 0.717) is 6.04 Å². The van der Waals surface area contributed by atoms with Crippen LogP contribution in [0.25, 0.3) is 0 Å². The minimum Gasteiger partial charge on any atom is -0.368 e. The van der Waals surface area contributed by atoms with Crippen LogP contribution >= 0.6 is 0 Å². The van der Waals surface area contributed by atoms with E-state index in [0.717, 1.165) is 18.9 Å². The maximum Gasteiger partial charge on any atom is 0.144 e. The SMILES string of the molecule is CC(C)NCCNc1cnccn1. The van der Waals surface area contributed by atoms with Crippen LogP contribution in [-0.2, 0) is 0 Å². The lowest BCUT2D eigenvalue weighted by Crippen LogP contribution is -2.28. The highest BCUT2D eigenvalue weighted by Gasteiger charge is 1.92. The lowest BCUT2D eigenvalue weighted by atomic mass is 10.4. The average Bonchev–Trinajstić information content (AvgIpc) is 2.14. The molecule has 4 heteroatoms. The molecular weight excluding hydrogens is 164 g/mol. The molecule has 0 saturated carbocycles. The monoisotopic (exact) mass is 180 g/mol. The van der Waals surface area contributed by atoms with Gasteiger partial charge in [-0.05, 0) is 0 Å². The van der Waals surface area contributed by atoms with Crippen molar-refractivity contribution in [3.05, 3.63) is 18.6 Å². The second-order valence-electron chi connectivity index (χ2n) is 3.13. The summed E-state index contributed by atoms with van der Waals surface area (Å²) in [5.41, 5.74) is 0. The molecule has 0 aliphatic rings. The summed E-state index contributed by atoms with van der Waals surface area (Å²) in [5.74, 6) is 0.827. The predicted molar refractivity (Wildman–Crippen MR) is 53.7 cm³/mol. The van der Waals surface area contributed by atoms with Crippen molar-refractivity contribution < 1.29 is 0 Å². The van der Waals surface area contributed by atoms with E-state index in [1.165, 1.54) is 0 Å². The molecular formula is C9H16N4. The molecule has 0 atom stereocenters. The second-order valence-corrected chi connectivity index (χ2v) is 3.13. The average molecular weight is 180 g/mol. The molecule has 1 heterocycles. The fourth-order valence-electron chi connectivity index (χ4n) is 0.942. The van der Waals surface area contributed by atoms with Gasteiger partial charge in [0.15, 0.2) is 0 Å². The van der Waals surface area contributed by atoms with Gasteiger partial charge in [0.25, 0.3) is 0 Å². The maximum atomic E-state index is 4.09. The molecule has 0 saturated heterocycles. The molecule has 1 aromatic heterocycles. The summed E-state index contributed by atoms with van der Waals surface area (Å²) in [7, 11) is 0.